The third-order valence-electron chi connectivity index (χ3n) is 2.12. The molecule has 84 valence electrons. The minimum atomic E-state index is -4.34. The smallest absolute Gasteiger partial charge is 0.298 e. The summed E-state index contributed by atoms with van der Waals surface area (Å²) in [7, 11) is 0. The molecule has 0 amide bonds. The standard InChI is InChI=1S/C10H7F3N2O/c11-10(12,13)7-3-1-6(2-4-7)8-5-9(16)15-14-8/h1-5H,(H2,14,15,16). The van der Waals surface area contributed by atoms with E-state index in [1.165, 1.54) is 18.2 Å². The van der Waals surface area contributed by atoms with Gasteiger partial charge < -0.3 is 0 Å². The molecule has 0 saturated heterocycles. The number of hydrogen-bond donors (Lipinski definition) is 2. The molecule has 0 aliphatic carbocycles. The summed E-state index contributed by atoms with van der Waals surface area (Å²) in [5.41, 5.74) is -0.0610. The summed E-state index contributed by atoms with van der Waals surface area (Å²) >= 11 is 0. The zero-order chi connectivity index (χ0) is 11.8. The molecule has 0 spiro atoms. The Labute approximate surface area is 87.9 Å². The largest absolute Gasteiger partial charge is 0.416 e. The van der Waals surface area contributed by atoms with E-state index in [-0.39, 0.29) is 5.56 Å². The summed E-state index contributed by atoms with van der Waals surface area (Å²) in [4.78, 5) is 10.8. The zero-order valence-corrected chi connectivity index (χ0v) is 7.93. The van der Waals surface area contributed by atoms with Gasteiger partial charge in [0, 0.05) is 6.07 Å². The molecule has 0 fully saturated rings. The Hall–Kier alpha value is -1.98. The van der Waals surface area contributed by atoms with Crippen molar-refractivity contribution in [1.82, 2.24) is 10.2 Å². The molecule has 0 atom stereocenters. The van der Waals surface area contributed by atoms with Gasteiger partial charge in [0.25, 0.3) is 5.56 Å². The van der Waals surface area contributed by atoms with Crippen LogP contribution in [0.4, 0.5) is 13.2 Å². The van der Waals surface area contributed by atoms with E-state index in [9.17, 15) is 18.0 Å². The maximum Gasteiger partial charge on any atom is 0.416 e. The Morgan fingerprint density at radius 3 is 2.06 bits per heavy atom. The first-order chi connectivity index (χ1) is 7.47. The predicted molar refractivity (Wildman–Crippen MR) is 51.9 cm³/mol. The predicted octanol–water partition coefficient (Wildman–Crippen LogP) is 2.39. The Kier molecular flexibility index (Phi) is 2.34. The Morgan fingerprint density at radius 1 is 1.00 bits per heavy atom. The monoisotopic (exact) mass is 228 g/mol. The number of hydrogen-bond acceptors (Lipinski definition) is 1. The van der Waals surface area contributed by atoms with Crippen LogP contribution in [0.25, 0.3) is 11.3 Å². The highest BCUT2D eigenvalue weighted by Crippen LogP contribution is 2.30. The van der Waals surface area contributed by atoms with Crippen molar-refractivity contribution in [2.24, 2.45) is 0 Å². The Bertz CT molecular complexity index is 536. The van der Waals surface area contributed by atoms with Crippen LogP contribution in [0.15, 0.2) is 35.1 Å². The van der Waals surface area contributed by atoms with Gasteiger partial charge in [-0.3, -0.25) is 15.0 Å². The third-order valence-corrected chi connectivity index (χ3v) is 2.12. The van der Waals surface area contributed by atoms with Crippen molar-refractivity contribution in [3.05, 3.63) is 46.2 Å². The summed E-state index contributed by atoms with van der Waals surface area (Å²) < 4.78 is 36.8. The van der Waals surface area contributed by atoms with E-state index in [4.69, 9.17) is 0 Å². The second kappa shape index (κ2) is 3.55. The van der Waals surface area contributed by atoms with Gasteiger partial charge in [0.2, 0.25) is 0 Å². The molecule has 2 N–H and O–H groups in total. The number of H-pyrrole nitrogens is 2. The number of benzene rings is 1. The molecule has 0 aliphatic rings. The normalized spacial score (nSPS) is 11.7. The van der Waals surface area contributed by atoms with Gasteiger partial charge in [-0.25, -0.2) is 0 Å². The summed E-state index contributed by atoms with van der Waals surface area (Å²) in [6.45, 7) is 0. The molecule has 3 nitrogen and oxygen atoms in total. The molecule has 0 aliphatic heterocycles. The van der Waals surface area contributed by atoms with Crippen LogP contribution in [0.2, 0.25) is 0 Å². The number of aromatic nitrogens is 2. The molecule has 16 heavy (non-hydrogen) atoms. The second-order valence-electron chi connectivity index (χ2n) is 3.25. The lowest BCUT2D eigenvalue weighted by atomic mass is 10.1. The van der Waals surface area contributed by atoms with Crippen molar-refractivity contribution in [1.29, 1.82) is 0 Å². The SMILES string of the molecule is O=c1cc(-c2ccc(C(F)(F)F)cc2)[nH][nH]1. The number of nitrogens with one attached hydrogen (secondary N) is 2. The number of rotatable bonds is 1. The quantitative estimate of drug-likeness (QED) is 0.773. The van der Waals surface area contributed by atoms with Crippen molar-refractivity contribution in [3.63, 3.8) is 0 Å². The summed E-state index contributed by atoms with van der Waals surface area (Å²) in [6.07, 6.45) is -4.34. The fourth-order valence-corrected chi connectivity index (χ4v) is 1.33. The van der Waals surface area contributed by atoms with Gasteiger partial charge in [-0.05, 0) is 17.7 Å². The van der Waals surface area contributed by atoms with Gasteiger partial charge in [-0.15, -0.1) is 0 Å². The summed E-state index contributed by atoms with van der Waals surface area (Å²) in [5, 5.41) is 4.87. The first kappa shape index (κ1) is 10.5. The molecular weight excluding hydrogens is 221 g/mol. The van der Waals surface area contributed by atoms with E-state index >= 15 is 0 Å². The van der Waals surface area contributed by atoms with Gasteiger partial charge >= 0.3 is 6.18 Å². The molecule has 2 rings (SSSR count). The lowest BCUT2D eigenvalue weighted by Gasteiger charge is -2.06. The van der Waals surface area contributed by atoms with Crippen molar-refractivity contribution in [2.45, 2.75) is 6.18 Å². The molecule has 0 unspecified atom stereocenters. The van der Waals surface area contributed by atoms with E-state index in [0.717, 1.165) is 12.1 Å². The maximum absolute atomic E-state index is 12.3. The van der Waals surface area contributed by atoms with Gasteiger partial charge in [-0.2, -0.15) is 13.2 Å². The Morgan fingerprint density at radius 2 is 1.62 bits per heavy atom. The van der Waals surface area contributed by atoms with E-state index in [1.807, 2.05) is 0 Å². The fourth-order valence-electron chi connectivity index (χ4n) is 1.33. The van der Waals surface area contributed by atoms with Crippen molar-refractivity contribution < 1.29 is 13.2 Å². The molecule has 0 radical (unpaired) electrons. The van der Waals surface area contributed by atoms with Gasteiger partial charge in [-0.1, -0.05) is 12.1 Å². The van der Waals surface area contributed by atoms with Crippen LogP contribution >= 0.6 is 0 Å². The molecule has 6 heteroatoms. The first-order valence-corrected chi connectivity index (χ1v) is 4.42. The van der Waals surface area contributed by atoms with Gasteiger partial charge in [0.05, 0.1) is 11.3 Å². The first-order valence-electron chi connectivity index (χ1n) is 4.42. The number of halogens is 3. The van der Waals surface area contributed by atoms with Crippen LogP contribution in [-0.4, -0.2) is 10.2 Å². The Balaban J connectivity index is 2.36. The van der Waals surface area contributed by atoms with Crippen LogP contribution in [0.1, 0.15) is 5.56 Å². The van der Waals surface area contributed by atoms with E-state index in [1.54, 1.807) is 0 Å². The lowest BCUT2D eigenvalue weighted by Crippen LogP contribution is -2.03. The minimum Gasteiger partial charge on any atom is -0.298 e. The van der Waals surface area contributed by atoms with Crippen LogP contribution in [0, 0.1) is 0 Å². The molecule has 1 aromatic heterocycles. The third kappa shape index (κ3) is 2.00. The van der Waals surface area contributed by atoms with E-state index in [2.05, 4.69) is 10.2 Å². The minimum absolute atomic E-state index is 0.324. The zero-order valence-electron chi connectivity index (χ0n) is 7.93. The van der Waals surface area contributed by atoms with Crippen LogP contribution < -0.4 is 5.56 Å². The van der Waals surface area contributed by atoms with Gasteiger partial charge in [0.15, 0.2) is 0 Å². The fraction of sp³-hybridized carbons (Fsp3) is 0.100. The molecule has 0 bridgehead atoms. The van der Waals surface area contributed by atoms with Crippen molar-refractivity contribution in [2.75, 3.05) is 0 Å². The molecule has 1 heterocycles. The van der Waals surface area contributed by atoms with Crippen molar-refractivity contribution >= 4 is 0 Å². The highest BCUT2D eigenvalue weighted by Gasteiger charge is 2.29. The summed E-state index contributed by atoms with van der Waals surface area (Å²) in [5.74, 6) is 0. The van der Waals surface area contributed by atoms with E-state index < -0.39 is 11.7 Å². The average Bonchev–Trinajstić information content (AvgIpc) is 2.64. The summed E-state index contributed by atoms with van der Waals surface area (Å²) in [6, 6.07) is 5.84. The highest BCUT2D eigenvalue weighted by atomic mass is 19.4. The van der Waals surface area contributed by atoms with Crippen molar-refractivity contribution in [3.8, 4) is 11.3 Å². The van der Waals surface area contributed by atoms with E-state index in [0.29, 0.717) is 11.3 Å². The van der Waals surface area contributed by atoms with Crippen LogP contribution in [-0.2, 0) is 6.18 Å². The van der Waals surface area contributed by atoms with Gasteiger partial charge in [0.1, 0.15) is 0 Å². The average molecular weight is 228 g/mol. The highest BCUT2D eigenvalue weighted by molar-refractivity contribution is 5.58. The number of aromatic amines is 2. The maximum atomic E-state index is 12.3. The molecular formula is C10H7F3N2O. The lowest BCUT2D eigenvalue weighted by molar-refractivity contribution is -0.137. The molecule has 0 saturated carbocycles. The molecule has 2 aromatic rings. The number of alkyl halides is 3. The van der Waals surface area contributed by atoms with Crippen LogP contribution in [0.3, 0.4) is 0 Å². The molecule has 1 aromatic carbocycles. The van der Waals surface area contributed by atoms with Crippen LogP contribution in [0.5, 0.6) is 0 Å². The second-order valence-corrected chi connectivity index (χ2v) is 3.25. The topological polar surface area (TPSA) is 48.6 Å².